The Bertz CT molecular complexity index is 814. The lowest BCUT2D eigenvalue weighted by molar-refractivity contribution is 0.0727. The summed E-state index contributed by atoms with van der Waals surface area (Å²) in [6.45, 7) is 1.35. The van der Waals surface area contributed by atoms with Crippen molar-refractivity contribution >= 4 is 16.0 Å². The quantitative estimate of drug-likeness (QED) is 0.624. The number of ether oxygens (including phenoxy) is 2. The molecule has 1 saturated heterocycles. The van der Waals surface area contributed by atoms with Gasteiger partial charge in [0.1, 0.15) is 5.75 Å². The van der Waals surface area contributed by atoms with Crippen molar-refractivity contribution in [2.75, 3.05) is 26.3 Å². The Morgan fingerprint density at radius 2 is 1.71 bits per heavy atom. The average molecular weight is 347 g/mol. The van der Waals surface area contributed by atoms with E-state index in [-0.39, 0.29) is 10.5 Å². The van der Waals surface area contributed by atoms with Gasteiger partial charge in [-0.1, -0.05) is 24.3 Å². The molecule has 1 aliphatic rings. The van der Waals surface area contributed by atoms with E-state index >= 15 is 0 Å². The molecule has 0 aromatic heterocycles. The lowest BCUT2D eigenvalue weighted by Crippen LogP contribution is -2.40. The van der Waals surface area contributed by atoms with Gasteiger partial charge < -0.3 is 9.47 Å². The number of esters is 1. The number of rotatable bonds is 4. The molecule has 1 heterocycles. The van der Waals surface area contributed by atoms with Crippen LogP contribution in [0.2, 0.25) is 0 Å². The van der Waals surface area contributed by atoms with Crippen LogP contribution in [0.3, 0.4) is 0 Å². The second-order valence-electron chi connectivity index (χ2n) is 5.25. The zero-order valence-electron chi connectivity index (χ0n) is 12.9. The fourth-order valence-electron chi connectivity index (χ4n) is 2.37. The molecule has 0 spiro atoms. The Morgan fingerprint density at radius 3 is 2.42 bits per heavy atom. The van der Waals surface area contributed by atoms with E-state index in [1.54, 1.807) is 24.3 Å². The number of para-hydroxylation sites is 1. The van der Waals surface area contributed by atoms with Crippen molar-refractivity contribution < 1.29 is 22.7 Å². The number of carbonyl (C=O) groups is 1. The number of benzene rings is 2. The van der Waals surface area contributed by atoms with E-state index in [9.17, 15) is 13.2 Å². The molecule has 0 saturated carbocycles. The van der Waals surface area contributed by atoms with Crippen LogP contribution in [0.15, 0.2) is 59.5 Å². The Balaban J connectivity index is 1.82. The van der Waals surface area contributed by atoms with Crippen molar-refractivity contribution in [3.05, 3.63) is 60.2 Å². The van der Waals surface area contributed by atoms with Crippen LogP contribution in [0, 0.1) is 0 Å². The van der Waals surface area contributed by atoms with Crippen LogP contribution < -0.4 is 4.74 Å². The minimum absolute atomic E-state index is 0.0758. The number of hydrogen-bond donors (Lipinski definition) is 0. The molecule has 6 nitrogen and oxygen atoms in total. The van der Waals surface area contributed by atoms with Crippen LogP contribution in [0.25, 0.3) is 0 Å². The highest BCUT2D eigenvalue weighted by Crippen LogP contribution is 2.19. The van der Waals surface area contributed by atoms with Crippen molar-refractivity contribution in [1.82, 2.24) is 4.31 Å². The number of nitrogens with zero attached hydrogens (tertiary/aromatic N) is 1. The SMILES string of the molecule is O=C(Oc1ccccc1)c1cccc(S(=O)(=O)N2CCOCC2)c1. The van der Waals surface area contributed by atoms with E-state index in [1.165, 1.54) is 28.6 Å². The summed E-state index contributed by atoms with van der Waals surface area (Å²) in [6.07, 6.45) is 0. The Labute approximate surface area is 140 Å². The maximum absolute atomic E-state index is 12.6. The van der Waals surface area contributed by atoms with E-state index < -0.39 is 16.0 Å². The summed E-state index contributed by atoms with van der Waals surface area (Å²) in [5, 5.41) is 0. The molecule has 1 aliphatic heterocycles. The molecule has 0 amide bonds. The first-order chi connectivity index (χ1) is 11.6. The van der Waals surface area contributed by atoms with E-state index in [1.807, 2.05) is 6.07 Å². The first kappa shape index (κ1) is 16.6. The summed E-state index contributed by atoms with van der Waals surface area (Å²) in [4.78, 5) is 12.3. The molecule has 0 N–H and O–H groups in total. The summed E-state index contributed by atoms with van der Waals surface area (Å²) >= 11 is 0. The molecular weight excluding hydrogens is 330 g/mol. The summed E-state index contributed by atoms with van der Waals surface area (Å²) in [6, 6.07) is 14.5. The molecule has 3 rings (SSSR count). The van der Waals surface area contributed by atoms with Gasteiger partial charge in [0.25, 0.3) is 0 Å². The first-order valence-corrected chi connectivity index (χ1v) is 8.96. The zero-order chi connectivity index (χ0) is 17.0. The maximum Gasteiger partial charge on any atom is 0.343 e. The summed E-state index contributed by atoms with van der Waals surface area (Å²) in [5.74, 6) is -0.191. The number of hydrogen-bond acceptors (Lipinski definition) is 5. The van der Waals surface area contributed by atoms with Crippen molar-refractivity contribution in [2.45, 2.75) is 4.90 Å². The minimum atomic E-state index is -3.65. The van der Waals surface area contributed by atoms with Gasteiger partial charge >= 0.3 is 5.97 Å². The lowest BCUT2D eigenvalue weighted by atomic mass is 10.2. The number of sulfonamides is 1. The molecular formula is C17H17NO5S. The number of carbonyl (C=O) groups excluding carboxylic acids is 1. The molecule has 2 aromatic rings. The Kier molecular flexibility index (Phi) is 4.94. The predicted molar refractivity (Wildman–Crippen MR) is 87.4 cm³/mol. The zero-order valence-corrected chi connectivity index (χ0v) is 13.7. The van der Waals surface area contributed by atoms with Crippen LogP contribution in [-0.4, -0.2) is 45.0 Å². The highest BCUT2D eigenvalue weighted by molar-refractivity contribution is 7.89. The van der Waals surface area contributed by atoms with E-state index in [4.69, 9.17) is 9.47 Å². The number of morpholine rings is 1. The normalized spacial score (nSPS) is 15.8. The van der Waals surface area contributed by atoms with Crippen molar-refractivity contribution in [2.24, 2.45) is 0 Å². The van der Waals surface area contributed by atoms with Gasteiger partial charge in [-0.2, -0.15) is 4.31 Å². The molecule has 1 fully saturated rings. The van der Waals surface area contributed by atoms with Gasteiger partial charge in [0.05, 0.1) is 23.7 Å². The third-order valence-electron chi connectivity index (χ3n) is 3.63. The van der Waals surface area contributed by atoms with Crippen molar-refractivity contribution in [3.8, 4) is 5.75 Å². The van der Waals surface area contributed by atoms with Gasteiger partial charge in [-0.15, -0.1) is 0 Å². The molecule has 2 aromatic carbocycles. The smallest absolute Gasteiger partial charge is 0.343 e. The molecule has 24 heavy (non-hydrogen) atoms. The average Bonchev–Trinajstić information content (AvgIpc) is 2.63. The van der Waals surface area contributed by atoms with Crippen LogP contribution in [0.4, 0.5) is 0 Å². The van der Waals surface area contributed by atoms with Gasteiger partial charge in [-0.3, -0.25) is 0 Å². The van der Waals surface area contributed by atoms with Gasteiger partial charge in [-0.05, 0) is 30.3 Å². The molecule has 0 aliphatic carbocycles. The molecule has 7 heteroatoms. The standard InChI is InChI=1S/C17H17NO5S/c19-17(23-15-6-2-1-3-7-15)14-5-4-8-16(13-14)24(20,21)18-9-11-22-12-10-18/h1-8,13H,9-12H2. The molecule has 0 atom stereocenters. The maximum atomic E-state index is 12.6. The topological polar surface area (TPSA) is 72.9 Å². The third-order valence-corrected chi connectivity index (χ3v) is 5.53. The molecule has 0 radical (unpaired) electrons. The van der Waals surface area contributed by atoms with Crippen LogP contribution in [0.5, 0.6) is 5.75 Å². The van der Waals surface area contributed by atoms with E-state index in [2.05, 4.69) is 0 Å². The fourth-order valence-corrected chi connectivity index (χ4v) is 3.83. The fraction of sp³-hybridized carbons (Fsp3) is 0.235. The first-order valence-electron chi connectivity index (χ1n) is 7.52. The van der Waals surface area contributed by atoms with E-state index in [0.717, 1.165) is 0 Å². The monoisotopic (exact) mass is 347 g/mol. The summed E-state index contributed by atoms with van der Waals surface area (Å²) in [7, 11) is -3.65. The van der Waals surface area contributed by atoms with Gasteiger partial charge in [-0.25, -0.2) is 13.2 Å². The third kappa shape index (κ3) is 3.64. The van der Waals surface area contributed by atoms with E-state index in [0.29, 0.717) is 32.1 Å². The molecule has 0 bridgehead atoms. The van der Waals surface area contributed by atoms with Gasteiger partial charge in [0.15, 0.2) is 0 Å². The Hall–Kier alpha value is -2.22. The predicted octanol–water partition coefficient (Wildman–Crippen LogP) is 1.93. The van der Waals surface area contributed by atoms with Crippen LogP contribution in [0.1, 0.15) is 10.4 Å². The molecule has 126 valence electrons. The van der Waals surface area contributed by atoms with Crippen LogP contribution >= 0.6 is 0 Å². The lowest BCUT2D eigenvalue weighted by Gasteiger charge is -2.26. The Morgan fingerprint density at radius 1 is 1.00 bits per heavy atom. The highest BCUT2D eigenvalue weighted by atomic mass is 32.2. The second-order valence-corrected chi connectivity index (χ2v) is 7.18. The van der Waals surface area contributed by atoms with Crippen LogP contribution in [-0.2, 0) is 14.8 Å². The van der Waals surface area contributed by atoms with Crippen molar-refractivity contribution in [1.29, 1.82) is 0 Å². The summed E-state index contributed by atoms with van der Waals surface area (Å²) in [5.41, 5.74) is 0.188. The largest absolute Gasteiger partial charge is 0.423 e. The van der Waals surface area contributed by atoms with Gasteiger partial charge in [0.2, 0.25) is 10.0 Å². The summed E-state index contributed by atoms with van der Waals surface area (Å²) < 4.78 is 37.1. The van der Waals surface area contributed by atoms with Gasteiger partial charge in [0, 0.05) is 13.1 Å². The molecule has 0 unspecified atom stereocenters. The highest BCUT2D eigenvalue weighted by Gasteiger charge is 2.27. The minimum Gasteiger partial charge on any atom is -0.423 e. The van der Waals surface area contributed by atoms with Crippen molar-refractivity contribution in [3.63, 3.8) is 0 Å². The second kappa shape index (κ2) is 7.12.